The quantitative estimate of drug-likeness (QED) is 0.847. The fraction of sp³-hybridized carbons (Fsp3) is 0.562. The Balaban J connectivity index is 2.13. The van der Waals surface area contributed by atoms with Gasteiger partial charge in [0, 0.05) is 19.0 Å². The average Bonchev–Trinajstić information content (AvgIpc) is 2.88. The molecular weight excluding hydrogens is 238 g/mol. The Hall–Kier alpha value is -1.35. The van der Waals surface area contributed by atoms with Crippen LogP contribution in [0.4, 0.5) is 0 Å². The van der Waals surface area contributed by atoms with Crippen molar-refractivity contribution >= 4 is 5.97 Å². The molecule has 0 bridgehead atoms. The Kier molecular flexibility index (Phi) is 4.59. The van der Waals surface area contributed by atoms with Crippen molar-refractivity contribution in [2.45, 2.75) is 32.6 Å². The second-order valence-electron chi connectivity index (χ2n) is 5.44. The molecule has 2 atom stereocenters. The SMILES string of the molecule is CCOC(=O)C1CNCC1c1ccc(C(C)C)cc1. The number of nitrogens with one attached hydrogen (secondary N) is 1. The maximum Gasteiger partial charge on any atom is 0.310 e. The summed E-state index contributed by atoms with van der Waals surface area (Å²) in [4.78, 5) is 11.9. The molecule has 1 heterocycles. The highest BCUT2D eigenvalue weighted by Gasteiger charge is 2.34. The Labute approximate surface area is 115 Å². The molecule has 3 nitrogen and oxygen atoms in total. The largest absolute Gasteiger partial charge is 0.466 e. The molecule has 0 saturated carbocycles. The van der Waals surface area contributed by atoms with E-state index in [-0.39, 0.29) is 17.8 Å². The van der Waals surface area contributed by atoms with Crippen molar-refractivity contribution in [2.24, 2.45) is 5.92 Å². The minimum atomic E-state index is -0.0783. The first-order chi connectivity index (χ1) is 9.13. The number of ether oxygens (including phenoxy) is 1. The van der Waals surface area contributed by atoms with Crippen LogP contribution in [-0.2, 0) is 9.53 Å². The van der Waals surface area contributed by atoms with Crippen LogP contribution in [0, 0.1) is 5.92 Å². The maximum atomic E-state index is 11.9. The average molecular weight is 261 g/mol. The zero-order valence-corrected chi connectivity index (χ0v) is 12.0. The third-order valence-corrected chi connectivity index (χ3v) is 3.83. The smallest absolute Gasteiger partial charge is 0.310 e. The molecule has 1 saturated heterocycles. The van der Waals surface area contributed by atoms with E-state index in [2.05, 4.69) is 43.4 Å². The van der Waals surface area contributed by atoms with Crippen LogP contribution in [0.15, 0.2) is 24.3 Å². The van der Waals surface area contributed by atoms with Gasteiger partial charge in [-0.15, -0.1) is 0 Å². The topological polar surface area (TPSA) is 38.3 Å². The zero-order valence-electron chi connectivity index (χ0n) is 12.0. The highest BCUT2D eigenvalue weighted by molar-refractivity contribution is 5.74. The van der Waals surface area contributed by atoms with Crippen molar-refractivity contribution < 1.29 is 9.53 Å². The van der Waals surface area contributed by atoms with Gasteiger partial charge in [0.2, 0.25) is 0 Å². The molecule has 2 unspecified atom stereocenters. The van der Waals surface area contributed by atoms with Crippen LogP contribution in [0.5, 0.6) is 0 Å². The van der Waals surface area contributed by atoms with E-state index in [1.807, 2.05) is 6.92 Å². The summed E-state index contributed by atoms with van der Waals surface area (Å²) in [5.41, 5.74) is 2.56. The van der Waals surface area contributed by atoms with Gasteiger partial charge >= 0.3 is 5.97 Å². The molecule has 0 amide bonds. The molecule has 1 fully saturated rings. The summed E-state index contributed by atoms with van der Waals surface area (Å²) in [6.45, 7) is 8.25. The number of carbonyl (C=O) groups excluding carboxylic acids is 1. The van der Waals surface area contributed by atoms with Gasteiger partial charge in [-0.2, -0.15) is 0 Å². The van der Waals surface area contributed by atoms with Gasteiger partial charge in [0.05, 0.1) is 12.5 Å². The molecule has 1 aliphatic heterocycles. The van der Waals surface area contributed by atoms with Gasteiger partial charge in [-0.25, -0.2) is 0 Å². The first-order valence-electron chi connectivity index (χ1n) is 7.10. The summed E-state index contributed by atoms with van der Waals surface area (Å²) >= 11 is 0. The van der Waals surface area contributed by atoms with Gasteiger partial charge in [0.1, 0.15) is 0 Å². The molecule has 0 spiro atoms. The van der Waals surface area contributed by atoms with Crippen LogP contribution in [0.1, 0.15) is 43.7 Å². The van der Waals surface area contributed by atoms with Crippen LogP contribution < -0.4 is 5.32 Å². The Morgan fingerprint density at radius 2 is 2.00 bits per heavy atom. The molecule has 1 aliphatic rings. The number of hydrogen-bond acceptors (Lipinski definition) is 3. The lowest BCUT2D eigenvalue weighted by Crippen LogP contribution is -2.24. The summed E-state index contributed by atoms with van der Waals surface area (Å²) in [6, 6.07) is 8.64. The minimum Gasteiger partial charge on any atom is -0.466 e. The molecule has 1 aromatic rings. The predicted molar refractivity (Wildman–Crippen MR) is 76.3 cm³/mol. The predicted octanol–water partition coefficient (Wildman–Crippen LogP) is 2.68. The van der Waals surface area contributed by atoms with E-state index in [1.54, 1.807) is 0 Å². The van der Waals surface area contributed by atoms with Crippen LogP contribution in [0.2, 0.25) is 0 Å². The Morgan fingerprint density at radius 1 is 1.32 bits per heavy atom. The van der Waals surface area contributed by atoms with Crippen LogP contribution in [-0.4, -0.2) is 25.7 Å². The second kappa shape index (κ2) is 6.20. The van der Waals surface area contributed by atoms with Crippen molar-refractivity contribution in [3.63, 3.8) is 0 Å². The lowest BCUT2D eigenvalue weighted by atomic mass is 9.88. The van der Waals surface area contributed by atoms with Gasteiger partial charge in [-0.05, 0) is 24.0 Å². The van der Waals surface area contributed by atoms with Gasteiger partial charge in [-0.3, -0.25) is 4.79 Å². The van der Waals surface area contributed by atoms with Crippen LogP contribution in [0.3, 0.4) is 0 Å². The molecule has 0 aliphatic carbocycles. The third kappa shape index (κ3) is 3.16. The number of carbonyl (C=O) groups is 1. The molecule has 1 N–H and O–H groups in total. The van der Waals surface area contributed by atoms with E-state index in [1.165, 1.54) is 11.1 Å². The summed E-state index contributed by atoms with van der Waals surface area (Å²) in [5, 5.41) is 3.30. The highest BCUT2D eigenvalue weighted by Crippen LogP contribution is 2.30. The highest BCUT2D eigenvalue weighted by atomic mass is 16.5. The summed E-state index contributed by atoms with van der Waals surface area (Å²) in [7, 11) is 0. The lowest BCUT2D eigenvalue weighted by Gasteiger charge is -2.18. The van der Waals surface area contributed by atoms with Gasteiger partial charge in [-0.1, -0.05) is 38.1 Å². The lowest BCUT2D eigenvalue weighted by molar-refractivity contribution is -0.147. The molecule has 0 aromatic heterocycles. The second-order valence-corrected chi connectivity index (χ2v) is 5.44. The molecule has 19 heavy (non-hydrogen) atoms. The van der Waals surface area contributed by atoms with Crippen LogP contribution in [0.25, 0.3) is 0 Å². The van der Waals surface area contributed by atoms with Gasteiger partial charge in [0.15, 0.2) is 0 Å². The van der Waals surface area contributed by atoms with E-state index in [0.29, 0.717) is 12.5 Å². The van der Waals surface area contributed by atoms with Crippen molar-refractivity contribution in [1.82, 2.24) is 5.32 Å². The fourth-order valence-electron chi connectivity index (χ4n) is 2.65. The first-order valence-corrected chi connectivity index (χ1v) is 7.10. The normalized spacial score (nSPS) is 22.7. The Bertz CT molecular complexity index is 425. The number of hydrogen-bond donors (Lipinski definition) is 1. The molecule has 1 aromatic carbocycles. The van der Waals surface area contributed by atoms with Crippen molar-refractivity contribution in [1.29, 1.82) is 0 Å². The van der Waals surface area contributed by atoms with E-state index < -0.39 is 0 Å². The summed E-state index contributed by atoms with van der Waals surface area (Å²) < 4.78 is 5.16. The Morgan fingerprint density at radius 3 is 2.58 bits per heavy atom. The minimum absolute atomic E-state index is 0.0511. The van der Waals surface area contributed by atoms with Gasteiger partial charge in [0.25, 0.3) is 0 Å². The molecule has 104 valence electrons. The van der Waals surface area contributed by atoms with Crippen molar-refractivity contribution in [2.75, 3.05) is 19.7 Å². The van der Waals surface area contributed by atoms with Gasteiger partial charge < -0.3 is 10.1 Å². The maximum absolute atomic E-state index is 11.9. The number of benzene rings is 1. The number of esters is 1. The zero-order chi connectivity index (χ0) is 13.8. The molecule has 3 heteroatoms. The summed E-state index contributed by atoms with van der Waals surface area (Å²) in [6.07, 6.45) is 0. The van der Waals surface area contributed by atoms with E-state index >= 15 is 0 Å². The van der Waals surface area contributed by atoms with E-state index in [4.69, 9.17) is 4.74 Å². The van der Waals surface area contributed by atoms with E-state index in [9.17, 15) is 4.79 Å². The van der Waals surface area contributed by atoms with Crippen molar-refractivity contribution in [3.05, 3.63) is 35.4 Å². The monoisotopic (exact) mass is 261 g/mol. The van der Waals surface area contributed by atoms with Crippen molar-refractivity contribution in [3.8, 4) is 0 Å². The first kappa shape index (κ1) is 14.1. The number of rotatable bonds is 4. The third-order valence-electron chi connectivity index (χ3n) is 3.83. The molecule has 0 radical (unpaired) electrons. The van der Waals surface area contributed by atoms with Crippen LogP contribution >= 0.6 is 0 Å². The molecular formula is C16H23NO2. The summed E-state index contributed by atoms with van der Waals surface area (Å²) in [5.74, 6) is 0.646. The standard InChI is InChI=1S/C16H23NO2/c1-4-19-16(18)15-10-17-9-14(15)13-7-5-12(6-8-13)11(2)3/h5-8,11,14-15,17H,4,9-10H2,1-3H3. The fourth-order valence-corrected chi connectivity index (χ4v) is 2.65. The molecule has 2 rings (SSSR count). The van der Waals surface area contributed by atoms with E-state index in [0.717, 1.165) is 13.1 Å².